The maximum atomic E-state index is 14.9. The van der Waals surface area contributed by atoms with Crippen LogP contribution in [0.25, 0.3) is 11.1 Å². The summed E-state index contributed by atoms with van der Waals surface area (Å²) >= 11 is 0. The van der Waals surface area contributed by atoms with Crippen LogP contribution in [0, 0.1) is 11.6 Å². The normalized spacial score (nSPS) is 13.4. The lowest BCUT2D eigenvalue weighted by molar-refractivity contribution is 0.0303. The number of ether oxygens (including phenoxy) is 2. The van der Waals surface area contributed by atoms with Crippen molar-refractivity contribution in [3.05, 3.63) is 83.1 Å². The summed E-state index contributed by atoms with van der Waals surface area (Å²) in [6.07, 6.45) is 1.52. The predicted octanol–water partition coefficient (Wildman–Crippen LogP) is 3.90. The number of rotatable bonds is 6. The minimum absolute atomic E-state index is 0.110. The number of pyridine rings is 1. The van der Waals surface area contributed by atoms with Crippen molar-refractivity contribution in [2.24, 2.45) is 0 Å². The molecule has 1 N–H and O–H groups in total. The van der Waals surface area contributed by atoms with Crippen LogP contribution in [0.1, 0.15) is 26.3 Å². The summed E-state index contributed by atoms with van der Waals surface area (Å²) in [5.74, 6) is -1.79. The highest BCUT2D eigenvalue weighted by atomic mass is 19.1. The number of carbonyl (C=O) groups is 2. The molecule has 1 aliphatic heterocycles. The molecule has 0 unspecified atom stereocenters. The van der Waals surface area contributed by atoms with E-state index in [1.807, 2.05) is 0 Å². The van der Waals surface area contributed by atoms with Crippen molar-refractivity contribution < 1.29 is 27.8 Å². The van der Waals surface area contributed by atoms with Gasteiger partial charge < -0.3 is 19.7 Å². The first-order valence-electron chi connectivity index (χ1n) is 10.7. The highest BCUT2D eigenvalue weighted by Gasteiger charge is 2.20. The van der Waals surface area contributed by atoms with Crippen LogP contribution < -0.4 is 5.32 Å². The van der Waals surface area contributed by atoms with Crippen molar-refractivity contribution in [1.82, 2.24) is 9.88 Å². The van der Waals surface area contributed by atoms with E-state index in [0.717, 1.165) is 13.2 Å². The first-order chi connectivity index (χ1) is 16.5. The fourth-order valence-electron chi connectivity index (χ4n) is 3.73. The minimum Gasteiger partial charge on any atom is -0.465 e. The van der Waals surface area contributed by atoms with E-state index in [0.29, 0.717) is 48.8 Å². The highest BCUT2D eigenvalue weighted by Crippen LogP contribution is 2.28. The second-order valence-electron chi connectivity index (χ2n) is 7.65. The first kappa shape index (κ1) is 23.3. The fraction of sp³-hybridized carbons (Fsp3) is 0.240. The van der Waals surface area contributed by atoms with Crippen LogP contribution in [-0.4, -0.2) is 55.2 Å². The van der Waals surface area contributed by atoms with Crippen LogP contribution in [0.2, 0.25) is 0 Å². The lowest BCUT2D eigenvalue weighted by atomic mass is 9.98. The average Bonchev–Trinajstić information content (AvgIpc) is 2.87. The summed E-state index contributed by atoms with van der Waals surface area (Å²) < 4.78 is 39.0. The number of benzene rings is 2. The van der Waals surface area contributed by atoms with E-state index in [1.54, 1.807) is 29.2 Å². The molecular formula is C25H23F2N3O4. The summed E-state index contributed by atoms with van der Waals surface area (Å²) in [7, 11) is 1.16. The number of esters is 1. The van der Waals surface area contributed by atoms with E-state index in [9.17, 15) is 18.4 Å². The molecule has 0 saturated carbocycles. The molecule has 1 aromatic heterocycles. The number of aromatic nitrogens is 1. The number of anilines is 1. The molecule has 2 heterocycles. The molecule has 9 heteroatoms. The molecule has 7 nitrogen and oxygen atoms in total. The molecule has 4 rings (SSSR count). The molecule has 0 atom stereocenters. The molecule has 1 amide bonds. The second kappa shape index (κ2) is 10.4. The zero-order chi connectivity index (χ0) is 24.1. The van der Waals surface area contributed by atoms with Gasteiger partial charge in [-0.15, -0.1) is 0 Å². The Morgan fingerprint density at radius 1 is 1.09 bits per heavy atom. The van der Waals surface area contributed by atoms with Crippen molar-refractivity contribution in [2.45, 2.75) is 6.54 Å². The van der Waals surface area contributed by atoms with Crippen LogP contribution >= 0.6 is 0 Å². The van der Waals surface area contributed by atoms with Crippen LogP contribution in [-0.2, 0) is 16.0 Å². The van der Waals surface area contributed by atoms with E-state index in [1.165, 1.54) is 24.4 Å². The third-order valence-corrected chi connectivity index (χ3v) is 5.53. The Kier molecular flexibility index (Phi) is 7.12. The lowest BCUT2D eigenvalue weighted by Gasteiger charge is -2.26. The van der Waals surface area contributed by atoms with E-state index in [-0.39, 0.29) is 23.6 Å². The average molecular weight is 467 g/mol. The molecule has 1 aliphatic rings. The minimum atomic E-state index is -0.836. The maximum absolute atomic E-state index is 14.9. The van der Waals surface area contributed by atoms with E-state index < -0.39 is 17.6 Å². The van der Waals surface area contributed by atoms with Gasteiger partial charge in [0.25, 0.3) is 5.91 Å². The van der Waals surface area contributed by atoms with Gasteiger partial charge in [-0.3, -0.25) is 4.79 Å². The van der Waals surface area contributed by atoms with Gasteiger partial charge >= 0.3 is 5.97 Å². The summed E-state index contributed by atoms with van der Waals surface area (Å²) in [6, 6.07) is 11.8. The molecule has 1 fully saturated rings. The van der Waals surface area contributed by atoms with E-state index in [2.05, 4.69) is 15.0 Å². The second-order valence-corrected chi connectivity index (χ2v) is 7.65. The van der Waals surface area contributed by atoms with Crippen LogP contribution in [0.15, 0.2) is 54.7 Å². The van der Waals surface area contributed by atoms with Crippen molar-refractivity contribution in [3.8, 4) is 11.1 Å². The van der Waals surface area contributed by atoms with Gasteiger partial charge in [-0.05, 0) is 35.4 Å². The number of carbonyl (C=O) groups excluding carboxylic acids is 2. The topological polar surface area (TPSA) is 80.8 Å². The van der Waals surface area contributed by atoms with Gasteiger partial charge in [0.15, 0.2) is 0 Å². The number of nitrogens with zero attached hydrogens (tertiary/aromatic N) is 2. The van der Waals surface area contributed by atoms with Crippen molar-refractivity contribution >= 4 is 17.7 Å². The van der Waals surface area contributed by atoms with Crippen LogP contribution in [0.4, 0.5) is 14.6 Å². The zero-order valence-electron chi connectivity index (χ0n) is 18.5. The van der Waals surface area contributed by atoms with Gasteiger partial charge in [-0.25, -0.2) is 18.6 Å². The number of nitrogens with one attached hydrogen (secondary N) is 1. The molecule has 176 valence electrons. The Hall–Kier alpha value is -3.85. The predicted molar refractivity (Wildman–Crippen MR) is 121 cm³/mol. The van der Waals surface area contributed by atoms with Crippen molar-refractivity contribution in [3.63, 3.8) is 0 Å². The van der Waals surface area contributed by atoms with Crippen molar-refractivity contribution in [2.75, 3.05) is 38.7 Å². The molecule has 3 aromatic rings. The quantitative estimate of drug-likeness (QED) is 0.554. The Morgan fingerprint density at radius 2 is 1.88 bits per heavy atom. The molecule has 34 heavy (non-hydrogen) atoms. The number of methoxy groups -OCH3 is 1. The Bertz CT molecular complexity index is 1210. The van der Waals surface area contributed by atoms with Crippen LogP contribution in [0.5, 0.6) is 0 Å². The smallest absolute Gasteiger partial charge is 0.341 e. The number of hydrogen-bond donors (Lipinski definition) is 1. The van der Waals surface area contributed by atoms with Gasteiger partial charge in [0.2, 0.25) is 0 Å². The third kappa shape index (κ3) is 5.04. The maximum Gasteiger partial charge on any atom is 0.341 e. The van der Waals surface area contributed by atoms with Crippen molar-refractivity contribution in [1.29, 1.82) is 0 Å². The lowest BCUT2D eigenvalue weighted by Crippen LogP contribution is -2.40. The molecule has 0 bridgehead atoms. The first-order valence-corrected chi connectivity index (χ1v) is 10.7. The Morgan fingerprint density at radius 3 is 2.62 bits per heavy atom. The van der Waals surface area contributed by atoms with Gasteiger partial charge in [0, 0.05) is 37.0 Å². The summed E-state index contributed by atoms with van der Waals surface area (Å²) in [5, 5.41) is 3.03. The van der Waals surface area contributed by atoms with Gasteiger partial charge in [0.1, 0.15) is 23.0 Å². The largest absolute Gasteiger partial charge is 0.465 e. The number of halogens is 2. The summed E-state index contributed by atoms with van der Waals surface area (Å²) in [5.41, 5.74) is 1.16. The van der Waals surface area contributed by atoms with Crippen LogP contribution in [0.3, 0.4) is 0 Å². The zero-order valence-corrected chi connectivity index (χ0v) is 18.5. The third-order valence-electron chi connectivity index (χ3n) is 5.53. The standard InChI is InChI=1S/C25H23F2N3O4/c1-33-25(32)23-19(3-2-4-20(23)26)16-5-6-18(21(27)13-16)15-29-22-14-17(7-8-28-22)24(31)30-9-11-34-12-10-30/h2-8,13-14H,9-12,15H2,1H3,(H,28,29). The number of hydrogen-bond acceptors (Lipinski definition) is 6. The highest BCUT2D eigenvalue weighted by molar-refractivity contribution is 5.97. The molecular weight excluding hydrogens is 444 g/mol. The molecule has 0 aliphatic carbocycles. The van der Waals surface area contributed by atoms with E-state index >= 15 is 0 Å². The Labute approximate surface area is 195 Å². The summed E-state index contributed by atoms with van der Waals surface area (Å²) in [4.78, 5) is 30.6. The molecule has 1 saturated heterocycles. The van der Waals surface area contributed by atoms with E-state index in [4.69, 9.17) is 4.74 Å². The number of morpholine rings is 1. The number of amides is 1. The SMILES string of the molecule is COC(=O)c1c(F)cccc1-c1ccc(CNc2cc(C(=O)N3CCOCC3)ccn2)c(F)c1. The van der Waals surface area contributed by atoms with Gasteiger partial charge in [-0.1, -0.05) is 24.3 Å². The van der Waals surface area contributed by atoms with Gasteiger partial charge in [-0.2, -0.15) is 0 Å². The molecule has 0 radical (unpaired) electrons. The molecule has 2 aromatic carbocycles. The molecule has 0 spiro atoms. The van der Waals surface area contributed by atoms with Gasteiger partial charge in [0.05, 0.1) is 20.3 Å². The fourth-order valence-corrected chi connectivity index (χ4v) is 3.73. The summed E-state index contributed by atoms with van der Waals surface area (Å²) in [6.45, 7) is 2.19. The Balaban J connectivity index is 1.49. The monoisotopic (exact) mass is 467 g/mol.